The predicted molar refractivity (Wildman–Crippen MR) is 136 cm³/mol. The first-order chi connectivity index (χ1) is 16.8. The molecular weight excluding hydrogens is 557 g/mol. The van der Waals surface area contributed by atoms with Gasteiger partial charge in [-0.05, 0) is 77.4 Å². The third-order valence-corrected chi connectivity index (χ3v) is 8.19. The maximum Gasteiger partial charge on any atom is 0.241 e. The van der Waals surface area contributed by atoms with Gasteiger partial charge in [0.1, 0.15) is 0 Å². The number of anilines is 1. The predicted octanol–water partition coefficient (Wildman–Crippen LogP) is 4.60. The van der Waals surface area contributed by atoms with Gasteiger partial charge in [-0.15, -0.1) is 0 Å². The second-order valence-electron chi connectivity index (χ2n) is 9.31. The van der Waals surface area contributed by atoms with Crippen LogP contribution >= 0.6 is 22.6 Å². The number of carbonyl (C=O) groups is 4. The summed E-state index contributed by atoms with van der Waals surface area (Å²) in [6.07, 6.45) is -0.910. The number of carbonyl (C=O) groups excluding carboxylic acids is 4. The molecule has 7 heteroatoms. The monoisotopic (exact) mass is 577 g/mol. The molecule has 2 fully saturated rings. The number of imide groups is 1. The lowest BCUT2D eigenvalue weighted by atomic mass is 9.77. The zero-order valence-electron chi connectivity index (χ0n) is 18.9. The number of nitrogens with zero attached hydrogens (tertiary/aromatic N) is 1. The number of halogens is 1. The third-order valence-electron chi connectivity index (χ3n) is 7.47. The van der Waals surface area contributed by atoms with E-state index in [0.717, 1.165) is 19.6 Å². The molecule has 6 rings (SSSR count). The fourth-order valence-electron chi connectivity index (χ4n) is 5.59. The fraction of sp³-hybridized carbons (Fsp3) is 0.214. The van der Waals surface area contributed by atoms with Gasteiger partial charge < -0.3 is 4.74 Å². The number of rotatable bonds is 2. The molecule has 174 valence electrons. The average molecular weight is 577 g/mol. The van der Waals surface area contributed by atoms with Gasteiger partial charge in [0.05, 0.1) is 23.6 Å². The number of benzene rings is 3. The Balaban J connectivity index is 1.54. The smallest absolute Gasteiger partial charge is 0.241 e. The van der Waals surface area contributed by atoms with Crippen molar-refractivity contribution < 1.29 is 23.9 Å². The summed E-state index contributed by atoms with van der Waals surface area (Å²) in [5.41, 5.74) is 1.44. The lowest BCUT2D eigenvalue weighted by Crippen LogP contribution is -2.51. The van der Waals surface area contributed by atoms with Crippen molar-refractivity contribution in [2.75, 3.05) is 4.90 Å². The van der Waals surface area contributed by atoms with E-state index < -0.39 is 46.9 Å². The fourth-order valence-corrected chi connectivity index (χ4v) is 5.95. The number of Topliss-reactive ketones (excluding diaryl/α,β-unsaturated/α-hetero) is 2. The van der Waals surface area contributed by atoms with Crippen LogP contribution in [0.1, 0.15) is 43.5 Å². The van der Waals surface area contributed by atoms with E-state index in [1.165, 1.54) is 0 Å². The molecular formula is C28H20INO5. The molecule has 1 aliphatic carbocycles. The van der Waals surface area contributed by atoms with Crippen LogP contribution in [0.2, 0.25) is 0 Å². The van der Waals surface area contributed by atoms with Crippen molar-refractivity contribution >= 4 is 51.7 Å². The van der Waals surface area contributed by atoms with Crippen LogP contribution in [0.15, 0.2) is 66.7 Å². The zero-order chi connectivity index (χ0) is 24.6. The minimum atomic E-state index is -2.05. The molecule has 3 aliphatic rings. The van der Waals surface area contributed by atoms with E-state index >= 15 is 0 Å². The van der Waals surface area contributed by atoms with Gasteiger partial charge in [-0.25, -0.2) is 4.90 Å². The highest BCUT2D eigenvalue weighted by Crippen LogP contribution is 2.57. The van der Waals surface area contributed by atoms with Crippen molar-refractivity contribution in [3.8, 4) is 0 Å². The lowest BCUT2D eigenvalue weighted by Gasteiger charge is -2.27. The maximum atomic E-state index is 13.9. The number of ether oxygens (including phenoxy) is 1. The van der Waals surface area contributed by atoms with Gasteiger partial charge in [0.2, 0.25) is 29.0 Å². The van der Waals surface area contributed by atoms with E-state index in [1.807, 2.05) is 44.2 Å². The van der Waals surface area contributed by atoms with Crippen LogP contribution < -0.4 is 4.90 Å². The molecule has 3 aromatic carbocycles. The Labute approximate surface area is 215 Å². The Morgan fingerprint density at radius 1 is 0.800 bits per heavy atom. The van der Waals surface area contributed by atoms with E-state index in [4.69, 9.17) is 4.74 Å². The summed E-state index contributed by atoms with van der Waals surface area (Å²) in [4.78, 5) is 56.5. The van der Waals surface area contributed by atoms with Crippen LogP contribution in [0.4, 0.5) is 5.69 Å². The van der Waals surface area contributed by atoms with Gasteiger partial charge in [0, 0.05) is 14.7 Å². The summed E-state index contributed by atoms with van der Waals surface area (Å²) in [7, 11) is 0. The van der Waals surface area contributed by atoms with E-state index in [0.29, 0.717) is 11.3 Å². The minimum absolute atomic E-state index is 0.226. The van der Waals surface area contributed by atoms with Crippen molar-refractivity contribution in [2.45, 2.75) is 25.6 Å². The molecule has 0 N–H and O–H groups in total. The number of fused-ring (bicyclic) bond motifs is 3. The molecule has 2 saturated heterocycles. The van der Waals surface area contributed by atoms with Crippen LogP contribution in [0, 0.1) is 29.3 Å². The summed E-state index contributed by atoms with van der Waals surface area (Å²) in [6, 6.07) is 19.2. The third kappa shape index (κ3) is 2.91. The number of hydrogen-bond donors (Lipinski definition) is 0. The average Bonchev–Trinajstić information content (AvgIpc) is 3.41. The van der Waals surface area contributed by atoms with Crippen LogP contribution in [-0.4, -0.2) is 29.0 Å². The van der Waals surface area contributed by atoms with E-state index in [1.54, 1.807) is 36.4 Å². The van der Waals surface area contributed by atoms with Crippen LogP contribution in [0.5, 0.6) is 0 Å². The molecule has 0 bridgehead atoms. The molecule has 2 heterocycles. The van der Waals surface area contributed by atoms with E-state index in [9.17, 15) is 19.2 Å². The largest absolute Gasteiger partial charge is 0.349 e. The van der Waals surface area contributed by atoms with Crippen molar-refractivity contribution in [1.82, 2.24) is 0 Å². The number of hydrogen-bond acceptors (Lipinski definition) is 5. The van der Waals surface area contributed by atoms with Crippen molar-refractivity contribution in [3.63, 3.8) is 0 Å². The first kappa shape index (κ1) is 22.3. The molecule has 0 radical (unpaired) electrons. The van der Waals surface area contributed by atoms with Crippen LogP contribution in [0.25, 0.3) is 0 Å². The second-order valence-corrected chi connectivity index (χ2v) is 10.6. The summed E-state index contributed by atoms with van der Waals surface area (Å²) < 4.78 is 7.30. The molecule has 3 aromatic rings. The van der Waals surface area contributed by atoms with E-state index in [-0.39, 0.29) is 11.1 Å². The molecule has 0 saturated carbocycles. The van der Waals surface area contributed by atoms with Gasteiger partial charge in [-0.1, -0.05) is 42.5 Å². The Bertz CT molecular complexity index is 1430. The van der Waals surface area contributed by atoms with Gasteiger partial charge in [-0.3, -0.25) is 19.2 Å². The molecule has 2 aliphatic heterocycles. The van der Waals surface area contributed by atoms with Crippen molar-refractivity contribution in [2.24, 2.45) is 11.8 Å². The van der Waals surface area contributed by atoms with Gasteiger partial charge in [-0.2, -0.15) is 0 Å². The SMILES string of the molecule is Cc1ccc(N2C(=O)[C@@H]3[C@@H](C2=O)C2(O[C@H]3c3ccc(I)cc3)C(=O)c3ccccc3C2=O)cc1C. The summed E-state index contributed by atoms with van der Waals surface area (Å²) in [5, 5.41) is 0. The number of amides is 2. The zero-order valence-corrected chi connectivity index (χ0v) is 21.1. The Hall–Kier alpha value is -3.17. The highest BCUT2D eigenvalue weighted by Gasteiger charge is 2.74. The topological polar surface area (TPSA) is 80.8 Å². The standard InChI is InChI=1S/C28H20INO5/c1-14-7-12-18(13-15(14)2)30-26(33)21-22(27(30)34)28(35-23(21)16-8-10-17(29)11-9-16)24(31)19-5-3-4-6-20(19)25(28)32/h3-13,21-23H,1-2H3/t21-,22+,23+/m1/s1. The van der Waals surface area contributed by atoms with Gasteiger partial charge in [0.15, 0.2) is 0 Å². The molecule has 1 spiro atoms. The summed E-state index contributed by atoms with van der Waals surface area (Å²) >= 11 is 2.17. The summed E-state index contributed by atoms with van der Waals surface area (Å²) in [5.74, 6) is -4.38. The van der Waals surface area contributed by atoms with Crippen LogP contribution in [0.3, 0.4) is 0 Å². The minimum Gasteiger partial charge on any atom is -0.349 e. The Morgan fingerprint density at radius 2 is 1.43 bits per heavy atom. The normalized spacial score (nSPS) is 24.4. The van der Waals surface area contributed by atoms with Gasteiger partial charge in [0.25, 0.3) is 0 Å². The number of ketones is 2. The van der Waals surface area contributed by atoms with E-state index in [2.05, 4.69) is 22.6 Å². The quantitative estimate of drug-likeness (QED) is 0.253. The Kier molecular flexibility index (Phi) is 4.88. The van der Waals surface area contributed by atoms with Crippen LogP contribution in [-0.2, 0) is 14.3 Å². The molecule has 6 nitrogen and oxygen atoms in total. The highest BCUT2D eigenvalue weighted by molar-refractivity contribution is 14.1. The highest BCUT2D eigenvalue weighted by atomic mass is 127. The second kappa shape index (κ2) is 7.66. The molecule has 3 atom stereocenters. The molecule has 35 heavy (non-hydrogen) atoms. The van der Waals surface area contributed by atoms with Crippen molar-refractivity contribution in [3.05, 3.63) is 98.1 Å². The number of aryl methyl sites for hydroxylation is 2. The summed E-state index contributed by atoms with van der Waals surface area (Å²) in [6.45, 7) is 3.86. The maximum absolute atomic E-state index is 13.9. The molecule has 2 amide bonds. The lowest BCUT2D eigenvalue weighted by molar-refractivity contribution is -0.127. The molecule has 0 aromatic heterocycles. The molecule has 0 unspecified atom stereocenters. The Morgan fingerprint density at radius 3 is 2.03 bits per heavy atom. The first-order valence-electron chi connectivity index (χ1n) is 11.3. The van der Waals surface area contributed by atoms with Crippen molar-refractivity contribution in [1.29, 1.82) is 0 Å². The first-order valence-corrected chi connectivity index (χ1v) is 12.4. The van der Waals surface area contributed by atoms with Gasteiger partial charge >= 0.3 is 0 Å².